The lowest BCUT2D eigenvalue weighted by atomic mass is 9.99. The van der Waals surface area contributed by atoms with E-state index in [1.165, 1.54) is 0 Å². The number of ketones is 1. The summed E-state index contributed by atoms with van der Waals surface area (Å²) in [7, 11) is 0. The van der Waals surface area contributed by atoms with Crippen LogP contribution in [0.5, 0.6) is 0 Å². The average Bonchev–Trinajstić information content (AvgIpc) is 2.40. The van der Waals surface area contributed by atoms with Crippen molar-refractivity contribution >= 4 is 5.78 Å². The Hall–Kier alpha value is -0.510. The molecule has 0 bridgehead atoms. The number of carbonyl (C=O) groups is 1. The third-order valence-corrected chi connectivity index (χ3v) is 2.87. The molecule has 0 aromatic rings. The Morgan fingerprint density at radius 1 is 1.33 bits per heavy atom. The van der Waals surface area contributed by atoms with Gasteiger partial charge in [-0.3, -0.25) is 9.69 Å². The molecule has 1 aliphatic heterocycles. The molecule has 0 amide bonds. The van der Waals surface area contributed by atoms with E-state index in [0.717, 1.165) is 0 Å². The number of rotatable bonds is 3. The van der Waals surface area contributed by atoms with E-state index in [9.17, 15) is 13.6 Å². The third kappa shape index (κ3) is 2.74. The van der Waals surface area contributed by atoms with Gasteiger partial charge in [0.15, 0.2) is 5.78 Å². The van der Waals surface area contributed by atoms with Crippen LogP contribution < -0.4 is 0 Å². The van der Waals surface area contributed by atoms with Gasteiger partial charge in [0.25, 0.3) is 5.92 Å². The molecule has 0 aromatic heterocycles. The minimum absolute atomic E-state index is 0.00826. The van der Waals surface area contributed by atoms with Crippen LogP contribution in [-0.4, -0.2) is 35.2 Å². The summed E-state index contributed by atoms with van der Waals surface area (Å²) in [5.41, 5.74) is 0. The Labute approximate surface area is 89.6 Å². The van der Waals surface area contributed by atoms with E-state index in [2.05, 4.69) is 0 Å². The molecule has 1 aliphatic rings. The molecule has 1 atom stereocenters. The second-order valence-corrected chi connectivity index (χ2v) is 4.90. The minimum atomic E-state index is -2.71. The van der Waals surface area contributed by atoms with E-state index in [-0.39, 0.29) is 30.7 Å². The topological polar surface area (TPSA) is 20.3 Å². The zero-order chi connectivity index (χ0) is 11.8. The maximum atomic E-state index is 13.2. The summed E-state index contributed by atoms with van der Waals surface area (Å²) in [6, 6.07) is -0.605. The van der Waals surface area contributed by atoms with E-state index >= 15 is 0 Å². The molecule has 88 valence electrons. The van der Waals surface area contributed by atoms with Gasteiger partial charge in [0.1, 0.15) is 0 Å². The normalized spacial score (nSPS) is 26.5. The molecule has 0 spiro atoms. The van der Waals surface area contributed by atoms with Crippen molar-refractivity contribution in [2.75, 3.05) is 6.54 Å². The zero-order valence-electron chi connectivity index (χ0n) is 9.76. The van der Waals surface area contributed by atoms with E-state index in [0.29, 0.717) is 0 Å². The number of hydrogen-bond acceptors (Lipinski definition) is 2. The zero-order valence-corrected chi connectivity index (χ0v) is 9.76. The van der Waals surface area contributed by atoms with E-state index in [1.807, 2.05) is 13.8 Å². The van der Waals surface area contributed by atoms with Crippen molar-refractivity contribution in [3.8, 4) is 0 Å². The predicted molar refractivity (Wildman–Crippen MR) is 55.0 cm³/mol. The first-order chi connectivity index (χ1) is 6.74. The third-order valence-electron chi connectivity index (χ3n) is 2.87. The van der Waals surface area contributed by atoms with Crippen molar-refractivity contribution in [1.29, 1.82) is 0 Å². The summed E-state index contributed by atoms with van der Waals surface area (Å²) in [5, 5.41) is 0. The Morgan fingerprint density at radius 2 is 1.87 bits per heavy atom. The highest BCUT2D eigenvalue weighted by molar-refractivity contribution is 5.86. The molecule has 0 aromatic carbocycles. The minimum Gasteiger partial charge on any atom is -0.298 e. The van der Waals surface area contributed by atoms with Crippen molar-refractivity contribution in [3.05, 3.63) is 0 Å². The molecule has 1 saturated heterocycles. The second kappa shape index (κ2) is 4.16. The van der Waals surface area contributed by atoms with Crippen LogP contribution in [0.1, 0.15) is 34.1 Å². The van der Waals surface area contributed by atoms with Crippen LogP contribution in [0.2, 0.25) is 0 Å². The fourth-order valence-electron chi connectivity index (χ4n) is 2.03. The van der Waals surface area contributed by atoms with Crippen molar-refractivity contribution in [2.24, 2.45) is 5.92 Å². The monoisotopic (exact) mass is 219 g/mol. The van der Waals surface area contributed by atoms with Gasteiger partial charge in [-0.05, 0) is 13.8 Å². The molecule has 1 fully saturated rings. The molecule has 0 unspecified atom stereocenters. The van der Waals surface area contributed by atoms with Gasteiger partial charge in [-0.2, -0.15) is 0 Å². The van der Waals surface area contributed by atoms with E-state index < -0.39 is 12.0 Å². The number of hydrogen-bond donors (Lipinski definition) is 0. The lowest BCUT2D eigenvalue weighted by Gasteiger charge is -2.27. The first kappa shape index (κ1) is 12.6. The summed E-state index contributed by atoms with van der Waals surface area (Å²) < 4.78 is 26.5. The summed E-state index contributed by atoms with van der Waals surface area (Å²) in [4.78, 5) is 13.4. The van der Waals surface area contributed by atoms with Gasteiger partial charge >= 0.3 is 0 Å². The van der Waals surface area contributed by atoms with Crippen LogP contribution in [0.15, 0.2) is 0 Å². The first-order valence-electron chi connectivity index (χ1n) is 5.42. The van der Waals surface area contributed by atoms with Gasteiger partial charge in [-0.1, -0.05) is 13.8 Å². The molecule has 0 radical (unpaired) electrons. The van der Waals surface area contributed by atoms with Crippen LogP contribution in [0.3, 0.4) is 0 Å². The molecule has 0 aliphatic carbocycles. The average molecular weight is 219 g/mol. The van der Waals surface area contributed by atoms with Gasteiger partial charge in [-0.15, -0.1) is 0 Å². The van der Waals surface area contributed by atoms with Gasteiger partial charge in [0.2, 0.25) is 0 Å². The molecule has 0 saturated carbocycles. The van der Waals surface area contributed by atoms with Gasteiger partial charge in [-0.25, -0.2) is 8.78 Å². The Kier molecular flexibility index (Phi) is 3.48. The smallest absolute Gasteiger partial charge is 0.262 e. The van der Waals surface area contributed by atoms with Crippen molar-refractivity contribution < 1.29 is 13.6 Å². The molecule has 2 nitrogen and oxygen atoms in total. The number of alkyl halides is 2. The Bertz CT molecular complexity index is 251. The summed E-state index contributed by atoms with van der Waals surface area (Å²) in [6.45, 7) is 6.94. The number of carbonyl (C=O) groups excluding carboxylic acids is 1. The van der Waals surface area contributed by atoms with Gasteiger partial charge in [0, 0.05) is 18.4 Å². The van der Waals surface area contributed by atoms with Crippen molar-refractivity contribution in [2.45, 2.75) is 52.1 Å². The van der Waals surface area contributed by atoms with Gasteiger partial charge < -0.3 is 0 Å². The molecule has 1 heterocycles. The largest absolute Gasteiger partial charge is 0.298 e. The molecule has 0 N–H and O–H groups in total. The second-order valence-electron chi connectivity index (χ2n) is 4.90. The molecule has 1 rings (SSSR count). The standard InChI is InChI=1S/C11H19F2NO/c1-7(2)10(15)9-5-11(12,13)6-14(9)8(3)4/h7-9H,5-6H2,1-4H3/t9-/m0/s1. The lowest BCUT2D eigenvalue weighted by Crippen LogP contribution is -2.42. The fourth-order valence-corrected chi connectivity index (χ4v) is 2.03. The molecular formula is C11H19F2NO. The van der Waals surface area contributed by atoms with Crippen LogP contribution in [-0.2, 0) is 4.79 Å². The predicted octanol–water partition coefficient (Wildman–Crippen LogP) is 2.33. The number of likely N-dealkylation sites (tertiary alicyclic amines) is 1. The lowest BCUT2D eigenvalue weighted by molar-refractivity contribution is -0.127. The Morgan fingerprint density at radius 3 is 2.27 bits per heavy atom. The first-order valence-corrected chi connectivity index (χ1v) is 5.42. The highest BCUT2D eigenvalue weighted by atomic mass is 19.3. The van der Waals surface area contributed by atoms with Crippen LogP contribution in [0.25, 0.3) is 0 Å². The van der Waals surface area contributed by atoms with E-state index in [1.54, 1.807) is 18.7 Å². The highest BCUT2D eigenvalue weighted by Crippen LogP contribution is 2.34. The fraction of sp³-hybridized carbons (Fsp3) is 0.909. The van der Waals surface area contributed by atoms with Crippen LogP contribution >= 0.6 is 0 Å². The maximum Gasteiger partial charge on any atom is 0.262 e. The van der Waals surface area contributed by atoms with E-state index in [4.69, 9.17) is 0 Å². The Balaban J connectivity index is 2.82. The van der Waals surface area contributed by atoms with Crippen LogP contribution in [0.4, 0.5) is 8.78 Å². The number of Topliss-reactive ketones (excluding diaryl/α,β-unsaturated/α-hetero) is 1. The van der Waals surface area contributed by atoms with Crippen molar-refractivity contribution in [1.82, 2.24) is 4.90 Å². The SMILES string of the molecule is CC(C)C(=O)[C@@H]1CC(F)(F)CN1C(C)C. The molecule has 4 heteroatoms. The van der Waals surface area contributed by atoms with Crippen LogP contribution in [0, 0.1) is 5.92 Å². The highest BCUT2D eigenvalue weighted by Gasteiger charge is 2.48. The summed E-state index contributed by atoms with van der Waals surface area (Å²) >= 11 is 0. The molecular weight excluding hydrogens is 200 g/mol. The van der Waals surface area contributed by atoms with Crippen molar-refractivity contribution in [3.63, 3.8) is 0 Å². The number of nitrogens with zero attached hydrogens (tertiary/aromatic N) is 1. The molecule has 15 heavy (non-hydrogen) atoms. The van der Waals surface area contributed by atoms with Gasteiger partial charge in [0.05, 0.1) is 12.6 Å². The maximum absolute atomic E-state index is 13.2. The summed E-state index contributed by atoms with van der Waals surface area (Å²) in [6.07, 6.45) is -0.317. The summed E-state index contributed by atoms with van der Waals surface area (Å²) in [5.74, 6) is -2.95. The number of halogens is 2. The quantitative estimate of drug-likeness (QED) is 0.726.